The van der Waals surface area contributed by atoms with E-state index in [1.807, 2.05) is 0 Å². The van der Waals surface area contributed by atoms with Crippen LogP contribution in [0.25, 0.3) is 0 Å². The molecule has 0 radical (unpaired) electrons. The molecule has 0 aromatic heterocycles. The Kier molecular flexibility index (Phi) is 5.98. The molecule has 0 saturated heterocycles. The molecule has 19 heavy (non-hydrogen) atoms. The summed E-state index contributed by atoms with van der Waals surface area (Å²) in [6.45, 7) is 0.122. The van der Waals surface area contributed by atoms with Crippen molar-refractivity contribution < 1.29 is 14.3 Å². The molecule has 0 saturated carbocycles. The average molecular weight is 265 g/mol. The highest BCUT2D eigenvalue weighted by Crippen LogP contribution is 2.10. The van der Waals surface area contributed by atoms with Gasteiger partial charge in [0, 0.05) is 26.4 Å². The standard InChI is InChI=1S/C13H19N3O3/c1-15-12(17)7-9-3-5-10(6-4-9)16-13(18)11(8-14)19-2/h3-6,11H,7-8,14H2,1-2H3,(H,15,17)(H,16,18). The van der Waals surface area contributed by atoms with Crippen molar-refractivity contribution in [3.05, 3.63) is 29.8 Å². The lowest BCUT2D eigenvalue weighted by molar-refractivity contribution is -0.125. The largest absolute Gasteiger partial charge is 0.370 e. The molecule has 0 heterocycles. The fourth-order valence-corrected chi connectivity index (χ4v) is 1.51. The predicted octanol–water partition coefficient (Wildman–Crippen LogP) is -0.113. The minimum Gasteiger partial charge on any atom is -0.370 e. The van der Waals surface area contributed by atoms with Gasteiger partial charge in [-0.3, -0.25) is 9.59 Å². The van der Waals surface area contributed by atoms with Crippen LogP contribution in [-0.2, 0) is 20.7 Å². The topological polar surface area (TPSA) is 93.5 Å². The van der Waals surface area contributed by atoms with Crippen LogP contribution in [0.4, 0.5) is 5.69 Å². The van der Waals surface area contributed by atoms with E-state index in [0.29, 0.717) is 12.1 Å². The molecule has 0 aliphatic rings. The van der Waals surface area contributed by atoms with Crippen LogP contribution in [0.2, 0.25) is 0 Å². The molecule has 1 atom stereocenters. The summed E-state index contributed by atoms with van der Waals surface area (Å²) >= 11 is 0. The second-order valence-electron chi connectivity index (χ2n) is 4.00. The first-order valence-electron chi connectivity index (χ1n) is 5.94. The van der Waals surface area contributed by atoms with Gasteiger partial charge in [-0.2, -0.15) is 0 Å². The zero-order valence-corrected chi connectivity index (χ0v) is 11.1. The molecule has 1 unspecified atom stereocenters. The lowest BCUT2D eigenvalue weighted by Gasteiger charge is -2.13. The van der Waals surface area contributed by atoms with E-state index in [0.717, 1.165) is 5.56 Å². The Labute approximate surface area is 112 Å². The molecule has 1 aromatic rings. The molecule has 104 valence electrons. The number of hydrogen-bond donors (Lipinski definition) is 3. The molecule has 6 nitrogen and oxygen atoms in total. The molecular weight excluding hydrogens is 246 g/mol. The van der Waals surface area contributed by atoms with E-state index in [1.54, 1.807) is 31.3 Å². The number of methoxy groups -OCH3 is 1. The van der Waals surface area contributed by atoms with Crippen molar-refractivity contribution >= 4 is 17.5 Å². The fourth-order valence-electron chi connectivity index (χ4n) is 1.51. The van der Waals surface area contributed by atoms with Crippen LogP contribution in [0.3, 0.4) is 0 Å². The Hall–Kier alpha value is -1.92. The SMILES string of the molecule is CNC(=O)Cc1ccc(NC(=O)C(CN)OC)cc1. The van der Waals surface area contributed by atoms with E-state index >= 15 is 0 Å². The summed E-state index contributed by atoms with van der Waals surface area (Å²) in [6, 6.07) is 7.04. The van der Waals surface area contributed by atoms with Gasteiger partial charge in [0.2, 0.25) is 5.91 Å². The molecule has 1 rings (SSSR count). The highest BCUT2D eigenvalue weighted by molar-refractivity contribution is 5.94. The summed E-state index contributed by atoms with van der Waals surface area (Å²) in [6.07, 6.45) is -0.348. The number of likely N-dealkylation sites (N-methyl/N-ethyl adjacent to an activating group) is 1. The highest BCUT2D eigenvalue weighted by atomic mass is 16.5. The molecule has 4 N–H and O–H groups in total. The Bertz CT molecular complexity index is 427. The number of benzene rings is 1. The van der Waals surface area contributed by atoms with Crippen LogP contribution in [0.1, 0.15) is 5.56 Å². The molecule has 0 spiro atoms. The van der Waals surface area contributed by atoms with Crippen molar-refractivity contribution in [1.29, 1.82) is 0 Å². The summed E-state index contributed by atoms with van der Waals surface area (Å²) in [5.41, 5.74) is 6.92. The Morgan fingerprint density at radius 2 is 1.95 bits per heavy atom. The number of anilines is 1. The van der Waals surface area contributed by atoms with Gasteiger partial charge in [0.05, 0.1) is 6.42 Å². The van der Waals surface area contributed by atoms with E-state index in [-0.39, 0.29) is 18.4 Å². The van der Waals surface area contributed by atoms with Gasteiger partial charge in [0.15, 0.2) is 0 Å². The molecule has 0 fully saturated rings. The number of carbonyl (C=O) groups excluding carboxylic acids is 2. The third kappa shape index (κ3) is 4.69. The molecule has 1 aromatic carbocycles. The van der Waals surface area contributed by atoms with Gasteiger partial charge in [0.25, 0.3) is 5.91 Å². The van der Waals surface area contributed by atoms with Gasteiger partial charge in [-0.15, -0.1) is 0 Å². The Balaban J connectivity index is 2.61. The summed E-state index contributed by atoms with van der Waals surface area (Å²) in [5.74, 6) is -0.344. The maximum atomic E-state index is 11.7. The molecule has 0 bridgehead atoms. The first kappa shape index (κ1) is 15.1. The van der Waals surface area contributed by atoms with E-state index in [4.69, 9.17) is 10.5 Å². The monoisotopic (exact) mass is 265 g/mol. The lowest BCUT2D eigenvalue weighted by Crippen LogP contribution is -2.35. The van der Waals surface area contributed by atoms with Crippen molar-refractivity contribution in [3.63, 3.8) is 0 Å². The number of carbonyl (C=O) groups is 2. The van der Waals surface area contributed by atoms with Crippen LogP contribution < -0.4 is 16.4 Å². The second-order valence-corrected chi connectivity index (χ2v) is 4.00. The van der Waals surface area contributed by atoms with E-state index < -0.39 is 6.10 Å². The summed E-state index contributed by atoms with van der Waals surface area (Å²) < 4.78 is 4.93. The number of rotatable bonds is 6. The maximum absolute atomic E-state index is 11.7. The Morgan fingerprint density at radius 3 is 2.42 bits per heavy atom. The zero-order chi connectivity index (χ0) is 14.3. The minimum absolute atomic E-state index is 0.0561. The van der Waals surface area contributed by atoms with Crippen molar-refractivity contribution in [2.45, 2.75) is 12.5 Å². The molecular formula is C13H19N3O3. The predicted molar refractivity (Wildman–Crippen MR) is 72.7 cm³/mol. The number of hydrogen-bond acceptors (Lipinski definition) is 4. The van der Waals surface area contributed by atoms with Gasteiger partial charge in [-0.25, -0.2) is 0 Å². The second kappa shape index (κ2) is 7.50. The van der Waals surface area contributed by atoms with Crippen LogP contribution in [0.5, 0.6) is 0 Å². The minimum atomic E-state index is -0.662. The third-order valence-corrected chi connectivity index (χ3v) is 2.66. The van der Waals surface area contributed by atoms with E-state index in [1.165, 1.54) is 7.11 Å². The van der Waals surface area contributed by atoms with Crippen LogP contribution >= 0.6 is 0 Å². The smallest absolute Gasteiger partial charge is 0.254 e. The zero-order valence-electron chi connectivity index (χ0n) is 11.1. The number of amides is 2. The summed E-state index contributed by atoms with van der Waals surface area (Å²) in [4.78, 5) is 22.9. The maximum Gasteiger partial charge on any atom is 0.254 e. The molecule has 0 aliphatic heterocycles. The van der Waals surface area contributed by atoms with Gasteiger partial charge >= 0.3 is 0 Å². The number of ether oxygens (including phenoxy) is 1. The van der Waals surface area contributed by atoms with Crippen LogP contribution in [0, 0.1) is 0 Å². The van der Waals surface area contributed by atoms with Gasteiger partial charge < -0.3 is 21.1 Å². The van der Waals surface area contributed by atoms with Crippen molar-refractivity contribution in [2.75, 3.05) is 26.0 Å². The van der Waals surface area contributed by atoms with Crippen molar-refractivity contribution in [2.24, 2.45) is 5.73 Å². The summed E-state index contributed by atoms with van der Waals surface area (Å²) in [7, 11) is 3.03. The van der Waals surface area contributed by atoms with E-state index in [9.17, 15) is 9.59 Å². The molecule has 0 aliphatic carbocycles. The van der Waals surface area contributed by atoms with Gasteiger partial charge in [0.1, 0.15) is 6.10 Å². The van der Waals surface area contributed by atoms with Gasteiger partial charge in [-0.05, 0) is 17.7 Å². The molecule has 2 amide bonds. The van der Waals surface area contributed by atoms with E-state index in [2.05, 4.69) is 10.6 Å². The summed E-state index contributed by atoms with van der Waals surface area (Å²) in [5, 5.41) is 5.25. The Morgan fingerprint density at radius 1 is 1.32 bits per heavy atom. The quantitative estimate of drug-likeness (QED) is 0.669. The molecule has 6 heteroatoms. The third-order valence-electron chi connectivity index (χ3n) is 2.66. The van der Waals surface area contributed by atoms with Crippen LogP contribution in [0.15, 0.2) is 24.3 Å². The first-order chi connectivity index (χ1) is 9.10. The number of nitrogens with one attached hydrogen (secondary N) is 2. The van der Waals surface area contributed by atoms with Crippen molar-refractivity contribution in [1.82, 2.24) is 5.32 Å². The highest BCUT2D eigenvalue weighted by Gasteiger charge is 2.15. The average Bonchev–Trinajstić information content (AvgIpc) is 2.42. The number of nitrogens with two attached hydrogens (primary N) is 1. The van der Waals surface area contributed by atoms with Gasteiger partial charge in [-0.1, -0.05) is 12.1 Å². The lowest BCUT2D eigenvalue weighted by atomic mass is 10.1. The fraction of sp³-hybridized carbons (Fsp3) is 0.385. The van der Waals surface area contributed by atoms with Crippen LogP contribution in [-0.4, -0.2) is 38.6 Å². The first-order valence-corrected chi connectivity index (χ1v) is 5.94. The normalized spacial score (nSPS) is 11.7. The van der Waals surface area contributed by atoms with Crippen molar-refractivity contribution in [3.8, 4) is 0 Å².